The molecular weight excluding hydrogens is 532 g/mol. The van der Waals surface area contributed by atoms with Crippen LogP contribution in [-0.2, 0) is 24.6 Å². The highest BCUT2D eigenvalue weighted by atomic mass is 32.1. The molecule has 0 radical (unpaired) electrons. The van der Waals surface area contributed by atoms with Crippen molar-refractivity contribution in [2.75, 3.05) is 28.7 Å². The van der Waals surface area contributed by atoms with Crippen molar-refractivity contribution in [2.24, 2.45) is 7.05 Å². The Balaban J connectivity index is 1.51. The van der Waals surface area contributed by atoms with Gasteiger partial charge in [-0.3, -0.25) is 19.1 Å². The lowest BCUT2D eigenvalue weighted by Gasteiger charge is -2.18. The standard InChI is InChI=1S/C20H17F6N7O3S/c1-9-3-10(4-27-14(9)20(24,25)26)16-30-11(6-37-16)29-12(34)5-32-8-28-15-13(32)17(35)33(7-19(21,22)23)18(36)31(15)2/h3-4,6,28H,5,7-8H2,1-2H3,(H,29,34). The van der Waals surface area contributed by atoms with Crippen LogP contribution in [0.3, 0.4) is 0 Å². The molecule has 1 aliphatic rings. The zero-order chi connectivity index (χ0) is 27.3. The molecule has 3 aromatic heterocycles. The number of fused-ring (bicyclic) bond motifs is 1. The van der Waals surface area contributed by atoms with Crippen LogP contribution in [-0.4, -0.2) is 44.4 Å². The molecular formula is C20H17F6N7O3S. The summed E-state index contributed by atoms with van der Waals surface area (Å²) in [5, 5.41) is 6.92. The molecule has 3 aromatic rings. The maximum absolute atomic E-state index is 12.9. The molecule has 4 rings (SSSR count). The van der Waals surface area contributed by atoms with Crippen LogP contribution in [0.4, 0.5) is 43.7 Å². The first-order valence-electron chi connectivity index (χ1n) is 10.3. The van der Waals surface area contributed by atoms with Crippen molar-refractivity contribution in [3.8, 4) is 10.6 Å². The van der Waals surface area contributed by atoms with Gasteiger partial charge in [-0.2, -0.15) is 26.3 Å². The minimum atomic E-state index is -4.82. The number of carbonyl (C=O) groups is 1. The van der Waals surface area contributed by atoms with Crippen LogP contribution in [0.5, 0.6) is 0 Å². The van der Waals surface area contributed by atoms with Crippen LogP contribution in [0.1, 0.15) is 11.3 Å². The van der Waals surface area contributed by atoms with Gasteiger partial charge < -0.3 is 15.5 Å². The van der Waals surface area contributed by atoms with Crippen LogP contribution >= 0.6 is 11.3 Å². The first-order chi connectivity index (χ1) is 17.2. The number of hydrogen-bond donors (Lipinski definition) is 2. The number of alkyl halides is 6. The SMILES string of the molecule is Cc1cc(-c2nc(NC(=O)CN3CNc4c3c(=O)n(CC(F)(F)F)c(=O)n4C)cs2)cnc1C(F)(F)F. The predicted molar refractivity (Wildman–Crippen MR) is 122 cm³/mol. The Morgan fingerprint density at radius 1 is 1.22 bits per heavy atom. The molecule has 0 aromatic carbocycles. The molecule has 0 saturated heterocycles. The number of nitrogens with zero attached hydrogens (tertiary/aromatic N) is 5. The lowest BCUT2D eigenvalue weighted by molar-refractivity contribution is -0.142. The molecule has 17 heteroatoms. The number of aromatic nitrogens is 4. The maximum Gasteiger partial charge on any atom is 0.433 e. The van der Waals surface area contributed by atoms with Crippen molar-refractivity contribution >= 4 is 34.6 Å². The molecule has 0 spiro atoms. The van der Waals surface area contributed by atoms with Crippen LogP contribution in [0, 0.1) is 6.92 Å². The van der Waals surface area contributed by atoms with Gasteiger partial charge in [0.25, 0.3) is 5.56 Å². The Bertz CT molecular complexity index is 1490. The zero-order valence-electron chi connectivity index (χ0n) is 19.0. The summed E-state index contributed by atoms with van der Waals surface area (Å²) >= 11 is 1.04. The van der Waals surface area contributed by atoms with Gasteiger partial charge in [-0.05, 0) is 18.6 Å². The first-order valence-corrected chi connectivity index (χ1v) is 11.2. The van der Waals surface area contributed by atoms with E-state index < -0.39 is 48.3 Å². The van der Waals surface area contributed by atoms with Crippen LogP contribution in [0.25, 0.3) is 10.6 Å². The van der Waals surface area contributed by atoms with Gasteiger partial charge in [0.05, 0.1) is 13.2 Å². The number of halogens is 6. The van der Waals surface area contributed by atoms with E-state index >= 15 is 0 Å². The highest BCUT2D eigenvalue weighted by Gasteiger charge is 2.35. The average molecular weight is 549 g/mol. The fourth-order valence-electron chi connectivity index (χ4n) is 3.75. The number of thiazole rings is 1. The summed E-state index contributed by atoms with van der Waals surface area (Å²) in [5.74, 6) is -0.629. The highest BCUT2D eigenvalue weighted by molar-refractivity contribution is 7.13. The Kier molecular flexibility index (Phi) is 6.51. The molecule has 1 amide bonds. The molecule has 0 bridgehead atoms. The lowest BCUT2D eigenvalue weighted by Crippen LogP contribution is -2.44. The Labute approximate surface area is 207 Å². The van der Waals surface area contributed by atoms with Gasteiger partial charge in [-0.25, -0.2) is 14.3 Å². The van der Waals surface area contributed by atoms with Crippen molar-refractivity contribution < 1.29 is 31.1 Å². The van der Waals surface area contributed by atoms with E-state index in [9.17, 15) is 40.7 Å². The van der Waals surface area contributed by atoms with Gasteiger partial charge in [0.1, 0.15) is 34.6 Å². The summed E-state index contributed by atoms with van der Waals surface area (Å²) in [6.45, 7) is -1.12. The number of pyridine rings is 1. The molecule has 1 aliphatic heterocycles. The van der Waals surface area contributed by atoms with Gasteiger partial charge in [0.15, 0.2) is 0 Å². The molecule has 0 aliphatic carbocycles. The summed E-state index contributed by atoms with van der Waals surface area (Å²) < 4.78 is 78.4. The van der Waals surface area contributed by atoms with Crippen LogP contribution in [0.15, 0.2) is 27.2 Å². The van der Waals surface area contributed by atoms with E-state index in [4.69, 9.17) is 0 Å². The third-order valence-corrected chi connectivity index (χ3v) is 6.21. The topological polar surface area (TPSA) is 114 Å². The van der Waals surface area contributed by atoms with Gasteiger partial charge in [-0.15, -0.1) is 11.3 Å². The lowest BCUT2D eigenvalue weighted by atomic mass is 10.1. The summed E-state index contributed by atoms with van der Waals surface area (Å²) in [4.78, 5) is 46.3. The first kappa shape index (κ1) is 26.2. The van der Waals surface area contributed by atoms with Crippen molar-refractivity contribution in [2.45, 2.75) is 25.8 Å². The number of amides is 1. The van der Waals surface area contributed by atoms with E-state index in [0.29, 0.717) is 5.56 Å². The number of aryl methyl sites for hydroxylation is 1. The smallest absolute Gasteiger partial charge is 0.352 e. The second kappa shape index (κ2) is 9.20. The molecule has 2 N–H and O–H groups in total. The minimum absolute atomic E-state index is 0.0256. The molecule has 37 heavy (non-hydrogen) atoms. The van der Waals surface area contributed by atoms with Gasteiger partial charge in [-0.1, -0.05) is 0 Å². The average Bonchev–Trinajstić information content (AvgIpc) is 3.41. The monoisotopic (exact) mass is 549 g/mol. The second-order valence-electron chi connectivity index (χ2n) is 8.05. The fourth-order valence-corrected chi connectivity index (χ4v) is 4.48. The van der Waals surface area contributed by atoms with E-state index in [1.807, 2.05) is 0 Å². The number of hydrogen-bond acceptors (Lipinski definition) is 8. The maximum atomic E-state index is 12.9. The highest BCUT2D eigenvalue weighted by Crippen LogP contribution is 2.33. The Morgan fingerprint density at radius 2 is 1.92 bits per heavy atom. The Hall–Kier alpha value is -3.89. The van der Waals surface area contributed by atoms with Crippen molar-refractivity contribution in [1.29, 1.82) is 0 Å². The summed E-state index contributed by atoms with van der Waals surface area (Å²) in [6, 6.07) is 1.27. The molecule has 0 atom stereocenters. The van der Waals surface area contributed by atoms with Crippen molar-refractivity contribution in [3.05, 3.63) is 49.7 Å². The normalized spacial score (nSPS) is 13.5. The summed E-state index contributed by atoms with van der Waals surface area (Å²) in [6.07, 6.45) is -8.40. The molecule has 0 unspecified atom stereocenters. The molecule has 4 heterocycles. The van der Waals surface area contributed by atoms with Crippen LogP contribution in [0.2, 0.25) is 0 Å². The van der Waals surface area contributed by atoms with Crippen molar-refractivity contribution in [3.63, 3.8) is 0 Å². The largest absolute Gasteiger partial charge is 0.433 e. The quantitative estimate of drug-likeness (QED) is 0.471. The van der Waals surface area contributed by atoms with Gasteiger partial charge in [0.2, 0.25) is 5.91 Å². The Morgan fingerprint density at radius 3 is 2.54 bits per heavy atom. The minimum Gasteiger partial charge on any atom is -0.352 e. The zero-order valence-corrected chi connectivity index (χ0v) is 19.8. The number of carbonyl (C=O) groups excluding carboxylic acids is 1. The van der Waals surface area contributed by atoms with Crippen LogP contribution < -0.4 is 26.8 Å². The second-order valence-corrected chi connectivity index (χ2v) is 8.91. The number of rotatable bonds is 5. The predicted octanol–water partition coefficient (Wildman–Crippen LogP) is 2.78. The molecule has 10 nitrogen and oxygen atoms in total. The number of nitrogens with one attached hydrogen (secondary N) is 2. The summed E-state index contributed by atoms with van der Waals surface area (Å²) in [7, 11) is 1.19. The van der Waals surface area contributed by atoms with E-state index in [-0.39, 0.29) is 39.1 Å². The third-order valence-electron chi connectivity index (χ3n) is 5.32. The van der Waals surface area contributed by atoms with E-state index in [1.54, 1.807) is 0 Å². The molecule has 0 fully saturated rings. The van der Waals surface area contributed by atoms with Gasteiger partial charge >= 0.3 is 18.0 Å². The fraction of sp³-hybridized carbons (Fsp3) is 0.350. The van der Waals surface area contributed by atoms with E-state index in [1.165, 1.54) is 30.3 Å². The third kappa shape index (κ3) is 5.30. The van der Waals surface area contributed by atoms with E-state index in [2.05, 4.69) is 20.6 Å². The van der Waals surface area contributed by atoms with Gasteiger partial charge in [0, 0.05) is 24.2 Å². The molecule has 0 saturated carbocycles. The van der Waals surface area contributed by atoms with E-state index in [0.717, 1.165) is 22.1 Å². The molecule has 198 valence electrons. The number of anilines is 3. The van der Waals surface area contributed by atoms with Crippen molar-refractivity contribution in [1.82, 2.24) is 19.1 Å². The summed E-state index contributed by atoms with van der Waals surface area (Å²) in [5.41, 5.74) is -3.45.